The molecule has 4 aliphatic rings. The van der Waals surface area contributed by atoms with Gasteiger partial charge in [-0.3, -0.25) is 4.79 Å². The van der Waals surface area contributed by atoms with Crippen LogP contribution in [0.4, 0.5) is 0 Å². The van der Waals surface area contributed by atoms with Crippen molar-refractivity contribution < 1.29 is 15.0 Å². The van der Waals surface area contributed by atoms with Crippen molar-refractivity contribution in [1.82, 2.24) is 0 Å². The Bertz CT molecular complexity index is 654. The van der Waals surface area contributed by atoms with Gasteiger partial charge in [0.1, 0.15) is 5.78 Å². The van der Waals surface area contributed by atoms with Crippen molar-refractivity contribution in [3.8, 4) is 0 Å². The zero-order valence-electron chi connectivity index (χ0n) is 20.1. The predicted molar refractivity (Wildman–Crippen MR) is 121 cm³/mol. The maximum atomic E-state index is 12.1. The molecule has 0 amide bonds. The molecule has 0 aliphatic heterocycles. The summed E-state index contributed by atoms with van der Waals surface area (Å²) in [6.07, 6.45) is 11.2. The fraction of sp³-hybridized carbons (Fsp3) is 0.963. The Hall–Kier alpha value is -0.410. The first-order chi connectivity index (χ1) is 14.0. The number of hydrogen-bond donors (Lipinski definition) is 2. The van der Waals surface area contributed by atoms with Crippen LogP contribution >= 0.6 is 0 Å². The highest BCUT2D eigenvalue weighted by molar-refractivity contribution is 5.79. The molecule has 0 aromatic carbocycles. The van der Waals surface area contributed by atoms with Crippen LogP contribution in [0.5, 0.6) is 0 Å². The maximum absolute atomic E-state index is 12.1. The van der Waals surface area contributed by atoms with E-state index in [0.717, 1.165) is 38.0 Å². The SMILES string of the molecule is CC(C)CCC[C@@H](C)[C@H]1CC[C@H]2[C@@H]3CCC4CC(=O)CC[C@]4(C)[C@H]3CC(O)(O)[C@]12C. The summed E-state index contributed by atoms with van der Waals surface area (Å²) in [6, 6.07) is 0. The van der Waals surface area contributed by atoms with Crippen LogP contribution in [0.3, 0.4) is 0 Å². The highest BCUT2D eigenvalue weighted by Gasteiger charge is 2.68. The summed E-state index contributed by atoms with van der Waals surface area (Å²) in [7, 11) is 0. The molecule has 4 rings (SSSR count). The minimum absolute atomic E-state index is 0.107. The molecule has 4 aliphatic carbocycles. The first-order valence-corrected chi connectivity index (χ1v) is 13.0. The van der Waals surface area contributed by atoms with Crippen LogP contribution < -0.4 is 0 Å². The van der Waals surface area contributed by atoms with Crippen LogP contribution in [0, 0.1) is 52.3 Å². The van der Waals surface area contributed by atoms with Gasteiger partial charge in [-0.25, -0.2) is 0 Å². The van der Waals surface area contributed by atoms with Crippen LogP contribution in [-0.2, 0) is 4.79 Å². The highest BCUT2D eigenvalue weighted by atomic mass is 16.5. The van der Waals surface area contributed by atoms with Gasteiger partial charge in [-0.2, -0.15) is 0 Å². The van der Waals surface area contributed by atoms with Gasteiger partial charge in [-0.05, 0) is 78.9 Å². The second-order valence-corrected chi connectivity index (χ2v) is 12.7. The average molecular weight is 419 g/mol. The first-order valence-electron chi connectivity index (χ1n) is 13.0. The maximum Gasteiger partial charge on any atom is 0.168 e. The molecular formula is C27H46O3. The van der Waals surface area contributed by atoms with Crippen molar-refractivity contribution in [1.29, 1.82) is 0 Å². The van der Waals surface area contributed by atoms with Crippen molar-refractivity contribution in [3.05, 3.63) is 0 Å². The van der Waals surface area contributed by atoms with Gasteiger partial charge in [0.2, 0.25) is 0 Å². The third-order valence-corrected chi connectivity index (χ3v) is 10.9. The quantitative estimate of drug-likeness (QED) is 0.541. The molecule has 172 valence electrons. The van der Waals surface area contributed by atoms with E-state index in [-0.39, 0.29) is 10.8 Å². The van der Waals surface area contributed by atoms with Crippen molar-refractivity contribution >= 4 is 5.78 Å². The number of hydrogen-bond acceptors (Lipinski definition) is 3. The van der Waals surface area contributed by atoms with Crippen LogP contribution in [0.15, 0.2) is 0 Å². The molecule has 0 aromatic heterocycles. The van der Waals surface area contributed by atoms with Gasteiger partial charge in [0, 0.05) is 24.7 Å². The number of rotatable bonds is 5. The molecule has 0 bridgehead atoms. The second kappa shape index (κ2) is 7.87. The van der Waals surface area contributed by atoms with E-state index in [1.54, 1.807) is 0 Å². The minimum Gasteiger partial charge on any atom is -0.365 e. The zero-order chi connectivity index (χ0) is 21.9. The lowest BCUT2D eigenvalue weighted by atomic mass is 9.43. The van der Waals surface area contributed by atoms with E-state index in [4.69, 9.17) is 0 Å². The van der Waals surface area contributed by atoms with Gasteiger partial charge < -0.3 is 10.2 Å². The lowest BCUT2D eigenvalue weighted by Gasteiger charge is -2.64. The van der Waals surface area contributed by atoms with E-state index in [2.05, 4.69) is 34.6 Å². The van der Waals surface area contributed by atoms with E-state index in [9.17, 15) is 15.0 Å². The molecule has 0 aromatic rings. The van der Waals surface area contributed by atoms with Gasteiger partial charge in [-0.1, -0.05) is 53.9 Å². The monoisotopic (exact) mass is 418 g/mol. The fourth-order valence-electron chi connectivity index (χ4n) is 9.03. The van der Waals surface area contributed by atoms with Crippen molar-refractivity contribution in [2.45, 2.75) is 111 Å². The highest BCUT2D eigenvalue weighted by Crippen LogP contribution is 2.70. The third kappa shape index (κ3) is 3.41. The van der Waals surface area contributed by atoms with E-state index in [0.29, 0.717) is 54.1 Å². The van der Waals surface area contributed by atoms with Crippen LogP contribution in [0.2, 0.25) is 0 Å². The molecule has 0 radical (unpaired) electrons. The topological polar surface area (TPSA) is 57.5 Å². The predicted octanol–water partition coefficient (Wildman–Crippen LogP) is 5.97. The smallest absolute Gasteiger partial charge is 0.168 e. The van der Waals surface area contributed by atoms with Crippen molar-refractivity contribution in [2.75, 3.05) is 0 Å². The van der Waals surface area contributed by atoms with Gasteiger partial charge in [0.15, 0.2) is 5.79 Å². The molecule has 0 spiro atoms. The van der Waals surface area contributed by atoms with E-state index in [1.807, 2.05) is 0 Å². The second-order valence-electron chi connectivity index (χ2n) is 12.7. The van der Waals surface area contributed by atoms with Crippen LogP contribution in [0.25, 0.3) is 0 Å². The summed E-state index contributed by atoms with van der Waals surface area (Å²) in [5, 5.41) is 23.2. The summed E-state index contributed by atoms with van der Waals surface area (Å²) in [6.45, 7) is 11.6. The summed E-state index contributed by atoms with van der Waals surface area (Å²) in [5.74, 6) is 2.36. The summed E-state index contributed by atoms with van der Waals surface area (Å²) in [5.41, 5.74) is -0.283. The Morgan fingerprint density at radius 2 is 1.73 bits per heavy atom. The summed E-state index contributed by atoms with van der Waals surface area (Å²) in [4.78, 5) is 12.1. The number of fused-ring (bicyclic) bond motifs is 5. The number of carbonyl (C=O) groups excluding carboxylic acids is 1. The summed E-state index contributed by atoms with van der Waals surface area (Å²) >= 11 is 0. The Labute approximate surface area is 184 Å². The molecule has 3 heteroatoms. The molecule has 4 saturated carbocycles. The fourth-order valence-corrected chi connectivity index (χ4v) is 9.03. The molecule has 0 saturated heterocycles. The largest absolute Gasteiger partial charge is 0.365 e. The van der Waals surface area contributed by atoms with E-state index >= 15 is 0 Å². The normalized spacial score (nSPS) is 46.3. The van der Waals surface area contributed by atoms with Gasteiger partial charge in [-0.15, -0.1) is 0 Å². The number of carbonyl (C=O) groups is 1. The van der Waals surface area contributed by atoms with Gasteiger partial charge in [0.25, 0.3) is 0 Å². The number of aliphatic hydroxyl groups is 2. The Morgan fingerprint density at radius 3 is 2.43 bits per heavy atom. The van der Waals surface area contributed by atoms with Crippen molar-refractivity contribution in [2.24, 2.45) is 52.3 Å². The molecule has 0 heterocycles. The van der Waals surface area contributed by atoms with Crippen LogP contribution in [-0.4, -0.2) is 21.8 Å². The Kier molecular flexibility index (Phi) is 5.97. The molecule has 8 atom stereocenters. The molecular weight excluding hydrogens is 372 g/mol. The molecule has 2 N–H and O–H groups in total. The summed E-state index contributed by atoms with van der Waals surface area (Å²) < 4.78 is 0. The number of ketones is 1. The molecule has 30 heavy (non-hydrogen) atoms. The minimum atomic E-state index is -1.58. The third-order valence-electron chi connectivity index (χ3n) is 10.9. The number of Topliss-reactive ketones (excluding diaryl/α,β-unsaturated/α-hetero) is 1. The van der Waals surface area contributed by atoms with Gasteiger partial charge in [0.05, 0.1) is 0 Å². The van der Waals surface area contributed by atoms with Gasteiger partial charge >= 0.3 is 0 Å². The lowest BCUT2D eigenvalue weighted by Crippen LogP contribution is -2.64. The van der Waals surface area contributed by atoms with Crippen LogP contribution in [0.1, 0.15) is 105 Å². The molecule has 1 unspecified atom stereocenters. The molecule has 4 fully saturated rings. The van der Waals surface area contributed by atoms with E-state index < -0.39 is 5.79 Å². The Morgan fingerprint density at radius 1 is 1.00 bits per heavy atom. The average Bonchev–Trinajstić information content (AvgIpc) is 3.02. The lowest BCUT2D eigenvalue weighted by molar-refractivity contribution is -0.318. The molecule has 3 nitrogen and oxygen atoms in total. The standard InChI is InChI=1S/C27H46O3/c1-17(2)7-6-8-18(3)22-11-12-23-21-10-9-19-15-20(28)13-14-25(19,4)24(21)16-27(29,30)26(22,23)5/h17-19,21-24,29-30H,6-16H2,1-5H3/t18-,19?,21+,22-,23+,24+,25+,26-/m1/s1. The zero-order valence-corrected chi connectivity index (χ0v) is 20.1. The van der Waals surface area contributed by atoms with Crippen molar-refractivity contribution in [3.63, 3.8) is 0 Å². The Balaban J connectivity index is 1.57. The first kappa shape index (κ1) is 22.8. The van der Waals surface area contributed by atoms with E-state index in [1.165, 1.54) is 25.7 Å².